The number of fused-ring (bicyclic) bond motifs is 1. The van der Waals surface area contributed by atoms with E-state index in [-0.39, 0.29) is 21.8 Å². The Hall–Kier alpha value is -3.00. The van der Waals surface area contributed by atoms with Crippen LogP contribution in [0.25, 0.3) is 10.9 Å². The minimum atomic E-state index is -3.82. The number of sulfone groups is 1. The van der Waals surface area contributed by atoms with Crippen molar-refractivity contribution in [3.05, 3.63) is 66.1 Å². The number of aromatic nitrogens is 1. The van der Waals surface area contributed by atoms with E-state index in [4.69, 9.17) is 4.74 Å². The molecule has 0 saturated carbocycles. The van der Waals surface area contributed by atoms with Crippen LogP contribution in [0.15, 0.2) is 64.5 Å². The number of amides is 1. The summed E-state index contributed by atoms with van der Waals surface area (Å²) >= 11 is 0. The van der Waals surface area contributed by atoms with Crippen LogP contribution in [0.5, 0.6) is 0 Å². The molecule has 0 aliphatic carbocycles. The number of pyridine rings is 1. The summed E-state index contributed by atoms with van der Waals surface area (Å²) in [6.45, 7) is 6.70. The van der Waals surface area contributed by atoms with Gasteiger partial charge in [0, 0.05) is 30.6 Å². The summed E-state index contributed by atoms with van der Waals surface area (Å²) in [7, 11) is -3.82. The van der Waals surface area contributed by atoms with Gasteiger partial charge in [0.05, 0.1) is 15.3 Å². The largest absolute Gasteiger partial charge is 0.444 e. The van der Waals surface area contributed by atoms with E-state index in [0.29, 0.717) is 24.0 Å². The van der Waals surface area contributed by atoms with Crippen molar-refractivity contribution >= 4 is 26.8 Å². The minimum Gasteiger partial charge on any atom is -0.444 e. The van der Waals surface area contributed by atoms with E-state index in [0.717, 1.165) is 30.5 Å². The van der Waals surface area contributed by atoms with Gasteiger partial charge in [0.25, 0.3) is 0 Å². The zero-order chi connectivity index (χ0) is 23.8. The van der Waals surface area contributed by atoms with Gasteiger partial charge in [-0.3, -0.25) is 4.98 Å². The highest BCUT2D eigenvalue weighted by molar-refractivity contribution is 7.91. The van der Waals surface area contributed by atoms with Crippen LogP contribution < -0.4 is 0 Å². The minimum absolute atomic E-state index is 0.0153. The molecule has 1 unspecified atom stereocenters. The lowest BCUT2D eigenvalue weighted by atomic mass is 9.89. The van der Waals surface area contributed by atoms with Gasteiger partial charge in [-0.25, -0.2) is 17.6 Å². The van der Waals surface area contributed by atoms with Gasteiger partial charge < -0.3 is 9.64 Å². The molecule has 2 aromatic carbocycles. The van der Waals surface area contributed by atoms with Crippen LogP contribution >= 0.6 is 0 Å². The molecule has 0 radical (unpaired) electrons. The summed E-state index contributed by atoms with van der Waals surface area (Å²) in [4.78, 5) is 18.9. The highest BCUT2D eigenvalue weighted by atomic mass is 32.2. The number of likely N-dealkylation sites (tertiary alicyclic amines) is 1. The average Bonchev–Trinajstić information content (AvgIpc) is 2.77. The Morgan fingerprint density at radius 1 is 1.12 bits per heavy atom. The van der Waals surface area contributed by atoms with E-state index in [1.165, 1.54) is 18.3 Å². The highest BCUT2D eigenvalue weighted by Gasteiger charge is 2.29. The van der Waals surface area contributed by atoms with Crippen molar-refractivity contribution in [3.63, 3.8) is 0 Å². The zero-order valence-electron chi connectivity index (χ0n) is 18.9. The molecular formula is C25H27FN2O4S. The third-order valence-corrected chi connectivity index (χ3v) is 7.40. The number of ether oxygens (including phenoxy) is 1. The lowest BCUT2D eigenvalue weighted by Crippen LogP contribution is -2.42. The molecule has 1 aliphatic rings. The first-order valence-corrected chi connectivity index (χ1v) is 12.4. The van der Waals surface area contributed by atoms with Crippen LogP contribution in [0.4, 0.5) is 9.18 Å². The smallest absolute Gasteiger partial charge is 0.410 e. The maximum absolute atomic E-state index is 13.2. The SMILES string of the molecule is CC(C)(C)OC(=O)N1CCCC(c2cccc3cc(S(=O)(=O)c4ccc(F)cc4)cnc23)C1. The van der Waals surface area contributed by atoms with Crippen LogP contribution in [-0.2, 0) is 14.6 Å². The van der Waals surface area contributed by atoms with Gasteiger partial charge in [0.1, 0.15) is 11.4 Å². The number of carbonyl (C=O) groups is 1. The van der Waals surface area contributed by atoms with Crippen molar-refractivity contribution < 1.29 is 22.3 Å². The molecular weight excluding hydrogens is 443 g/mol. The number of rotatable bonds is 3. The first-order chi connectivity index (χ1) is 15.5. The molecule has 1 atom stereocenters. The first kappa shape index (κ1) is 23.2. The highest BCUT2D eigenvalue weighted by Crippen LogP contribution is 2.33. The zero-order valence-corrected chi connectivity index (χ0v) is 19.7. The third-order valence-electron chi connectivity index (χ3n) is 5.66. The van der Waals surface area contributed by atoms with Crippen molar-refractivity contribution in [2.75, 3.05) is 13.1 Å². The number of piperidine rings is 1. The molecule has 174 valence electrons. The van der Waals surface area contributed by atoms with Crippen molar-refractivity contribution in [1.29, 1.82) is 0 Å². The van der Waals surface area contributed by atoms with Crippen LogP contribution in [-0.4, -0.2) is 43.1 Å². The predicted molar refractivity (Wildman–Crippen MR) is 123 cm³/mol. The fourth-order valence-corrected chi connectivity index (χ4v) is 5.35. The van der Waals surface area contributed by atoms with Crippen LogP contribution in [0.1, 0.15) is 45.1 Å². The van der Waals surface area contributed by atoms with E-state index in [9.17, 15) is 17.6 Å². The van der Waals surface area contributed by atoms with E-state index in [1.54, 1.807) is 11.0 Å². The molecule has 1 aromatic heterocycles. The Morgan fingerprint density at radius 3 is 2.55 bits per heavy atom. The molecule has 8 heteroatoms. The Morgan fingerprint density at radius 2 is 1.85 bits per heavy atom. The van der Waals surface area contributed by atoms with Gasteiger partial charge in [0.15, 0.2) is 0 Å². The van der Waals surface area contributed by atoms with Gasteiger partial charge in [-0.05, 0) is 69.5 Å². The lowest BCUT2D eigenvalue weighted by molar-refractivity contribution is 0.0198. The number of nitrogens with zero attached hydrogens (tertiary/aromatic N) is 2. The number of hydrogen-bond acceptors (Lipinski definition) is 5. The molecule has 3 aromatic rings. The van der Waals surface area contributed by atoms with E-state index in [2.05, 4.69) is 4.98 Å². The fourth-order valence-electron chi connectivity index (χ4n) is 4.11. The second kappa shape index (κ2) is 8.74. The lowest BCUT2D eigenvalue weighted by Gasteiger charge is -2.34. The maximum atomic E-state index is 13.2. The summed E-state index contributed by atoms with van der Waals surface area (Å²) in [5.74, 6) is -0.426. The molecule has 0 N–H and O–H groups in total. The number of carbonyl (C=O) groups excluding carboxylic acids is 1. The monoisotopic (exact) mass is 470 g/mol. The molecule has 1 aliphatic heterocycles. The Bertz CT molecular complexity index is 1280. The van der Waals surface area contributed by atoms with Crippen LogP contribution in [0.2, 0.25) is 0 Å². The van der Waals surface area contributed by atoms with Crippen LogP contribution in [0.3, 0.4) is 0 Å². The van der Waals surface area contributed by atoms with Crippen molar-refractivity contribution in [3.8, 4) is 0 Å². The number of para-hydroxylation sites is 1. The molecule has 4 rings (SSSR count). The Kier molecular flexibility index (Phi) is 6.14. The molecule has 0 spiro atoms. The molecule has 6 nitrogen and oxygen atoms in total. The van der Waals surface area contributed by atoms with Gasteiger partial charge in [-0.1, -0.05) is 18.2 Å². The van der Waals surface area contributed by atoms with Crippen molar-refractivity contribution in [2.24, 2.45) is 0 Å². The van der Waals surface area contributed by atoms with E-state index >= 15 is 0 Å². The summed E-state index contributed by atoms with van der Waals surface area (Å²) < 4.78 is 44.7. The molecule has 0 bridgehead atoms. The molecule has 33 heavy (non-hydrogen) atoms. The second-order valence-electron chi connectivity index (χ2n) is 9.31. The summed E-state index contributed by atoms with van der Waals surface area (Å²) in [6, 6.07) is 12.0. The number of halogens is 1. The quantitative estimate of drug-likeness (QED) is 0.484. The average molecular weight is 471 g/mol. The van der Waals surface area contributed by atoms with Gasteiger partial charge in [0.2, 0.25) is 9.84 Å². The Balaban J connectivity index is 1.64. The van der Waals surface area contributed by atoms with E-state index in [1.807, 2.05) is 39.0 Å². The molecule has 1 saturated heterocycles. The second-order valence-corrected chi connectivity index (χ2v) is 11.3. The predicted octanol–water partition coefficient (Wildman–Crippen LogP) is 5.32. The first-order valence-electron chi connectivity index (χ1n) is 10.9. The Labute approximate surface area is 193 Å². The van der Waals surface area contributed by atoms with E-state index < -0.39 is 21.3 Å². The van der Waals surface area contributed by atoms with Crippen LogP contribution in [0, 0.1) is 5.82 Å². The number of benzene rings is 2. The summed E-state index contributed by atoms with van der Waals surface area (Å²) in [5, 5.41) is 0.699. The molecule has 1 fully saturated rings. The third kappa shape index (κ3) is 5.00. The fraction of sp³-hybridized carbons (Fsp3) is 0.360. The topological polar surface area (TPSA) is 76.6 Å². The van der Waals surface area contributed by atoms with Gasteiger partial charge in [-0.15, -0.1) is 0 Å². The summed E-state index contributed by atoms with van der Waals surface area (Å²) in [6.07, 6.45) is 2.76. The number of hydrogen-bond donors (Lipinski definition) is 0. The van der Waals surface area contributed by atoms with Crippen molar-refractivity contribution in [2.45, 2.75) is 54.9 Å². The summed E-state index contributed by atoms with van der Waals surface area (Å²) in [5.41, 5.74) is 1.13. The molecule has 2 heterocycles. The standard InChI is InChI=1S/C25H27FN2O4S/c1-25(2,3)32-24(29)28-13-5-7-18(16-28)22-8-4-6-17-14-21(15-27-23(17)22)33(30,31)20-11-9-19(26)10-12-20/h4,6,8-12,14-15,18H,5,7,13,16H2,1-3H3. The molecule has 1 amide bonds. The van der Waals surface area contributed by atoms with Gasteiger partial charge in [-0.2, -0.15) is 0 Å². The maximum Gasteiger partial charge on any atom is 0.410 e. The van der Waals surface area contributed by atoms with Gasteiger partial charge >= 0.3 is 6.09 Å². The normalized spacial score (nSPS) is 17.2. The van der Waals surface area contributed by atoms with Crippen molar-refractivity contribution in [1.82, 2.24) is 9.88 Å².